The van der Waals surface area contributed by atoms with Crippen molar-refractivity contribution in [3.8, 4) is 0 Å². The Hall–Kier alpha value is -1.26. The van der Waals surface area contributed by atoms with E-state index >= 15 is 0 Å². The molecule has 4 nitrogen and oxygen atoms in total. The highest BCUT2D eigenvalue weighted by atomic mass is 35.5. The lowest BCUT2D eigenvalue weighted by Gasteiger charge is -2.05. The zero-order valence-electron chi connectivity index (χ0n) is 7.69. The molecule has 0 bridgehead atoms. The number of amides is 2. The fourth-order valence-electron chi connectivity index (χ4n) is 0.882. The van der Waals surface area contributed by atoms with Crippen LogP contribution in [0.1, 0.15) is 0 Å². The van der Waals surface area contributed by atoms with E-state index in [0.717, 1.165) is 5.69 Å². The molecule has 0 spiro atoms. The van der Waals surface area contributed by atoms with Crippen molar-refractivity contribution in [2.24, 2.45) is 5.73 Å². The van der Waals surface area contributed by atoms with Gasteiger partial charge >= 0.3 is 6.03 Å². The summed E-state index contributed by atoms with van der Waals surface area (Å²) in [6.07, 6.45) is 0. The fourth-order valence-corrected chi connectivity index (χ4v) is 0.882. The molecule has 0 aromatic heterocycles. The zero-order chi connectivity index (χ0) is 9.52. The van der Waals surface area contributed by atoms with Gasteiger partial charge < -0.3 is 16.4 Å². The minimum absolute atomic E-state index is 0. The molecule has 0 fully saturated rings. The topological polar surface area (TPSA) is 67.1 Å². The molecule has 14 heavy (non-hydrogen) atoms. The maximum atomic E-state index is 11.1. The lowest BCUT2D eigenvalue weighted by molar-refractivity contribution is 0.252. The number of urea groups is 1. The minimum atomic E-state index is -0.225. The van der Waals surface area contributed by atoms with E-state index in [0.29, 0.717) is 13.1 Å². The highest BCUT2D eigenvalue weighted by molar-refractivity contribution is 5.89. The van der Waals surface area contributed by atoms with Crippen molar-refractivity contribution in [2.45, 2.75) is 0 Å². The van der Waals surface area contributed by atoms with Crippen molar-refractivity contribution >= 4 is 24.1 Å². The lowest BCUT2D eigenvalue weighted by atomic mass is 10.3. The van der Waals surface area contributed by atoms with Gasteiger partial charge in [0.1, 0.15) is 0 Å². The van der Waals surface area contributed by atoms with E-state index in [2.05, 4.69) is 10.6 Å². The summed E-state index contributed by atoms with van der Waals surface area (Å²) in [7, 11) is 0. The molecule has 0 saturated carbocycles. The Morgan fingerprint density at radius 2 is 1.93 bits per heavy atom. The van der Waals surface area contributed by atoms with Crippen LogP contribution in [-0.2, 0) is 0 Å². The molecular formula is C9H14ClN3O. The summed E-state index contributed by atoms with van der Waals surface area (Å²) in [6, 6.07) is 9.03. The normalized spacial score (nSPS) is 8.64. The molecule has 0 aliphatic rings. The Morgan fingerprint density at radius 3 is 2.50 bits per heavy atom. The summed E-state index contributed by atoms with van der Waals surface area (Å²) in [5.41, 5.74) is 6.00. The third kappa shape index (κ3) is 4.69. The predicted octanol–water partition coefficient (Wildman–Crippen LogP) is 1.19. The van der Waals surface area contributed by atoms with Crippen LogP contribution in [0.4, 0.5) is 10.5 Å². The van der Waals surface area contributed by atoms with Gasteiger partial charge in [-0.05, 0) is 12.1 Å². The molecule has 4 N–H and O–H groups in total. The maximum absolute atomic E-state index is 11.1. The summed E-state index contributed by atoms with van der Waals surface area (Å²) in [5, 5.41) is 5.28. The highest BCUT2D eigenvalue weighted by Crippen LogP contribution is 2.03. The quantitative estimate of drug-likeness (QED) is 0.709. The number of hydrogen-bond acceptors (Lipinski definition) is 2. The first-order valence-corrected chi connectivity index (χ1v) is 4.13. The highest BCUT2D eigenvalue weighted by Gasteiger charge is 1.97. The molecule has 1 aromatic rings. The van der Waals surface area contributed by atoms with Crippen LogP contribution in [0.3, 0.4) is 0 Å². The number of carbonyl (C=O) groups is 1. The Labute approximate surface area is 89.3 Å². The van der Waals surface area contributed by atoms with Gasteiger partial charge in [0, 0.05) is 18.8 Å². The molecule has 78 valence electrons. The lowest BCUT2D eigenvalue weighted by Crippen LogP contribution is -2.32. The SMILES string of the molecule is Cl.NCCNC(=O)Nc1ccccc1. The Bertz CT molecular complexity index is 266. The first kappa shape index (κ1) is 12.7. The Kier molecular flexibility index (Phi) is 6.53. The van der Waals surface area contributed by atoms with E-state index in [1.165, 1.54) is 0 Å². The molecule has 1 aromatic carbocycles. The number of nitrogens with two attached hydrogens (primary N) is 1. The van der Waals surface area contributed by atoms with E-state index in [4.69, 9.17) is 5.73 Å². The van der Waals surface area contributed by atoms with Gasteiger partial charge in [-0.15, -0.1) is 12.4 Å². The van der Waals surface area contributed by atoms with Crippen molar-refractivity contribution in [1.82, 2.24) is 5.32 Å². The van der Waals surface area contributed by atoms with Crippen LogP contribution in [0, 0.1) is 0 Å². The van der Waals surface area contributed by atoms with Crippen molar-refractivity contribution in [3.05, 3.63) is 30.3 Å². The number of carbonyl (C=O) groups excluding carboxylic acids is 1. The van der Waals surface area contributed by atoms with Crippen molar-refractivity contribution < 1.29 is 4.79 Å². The molecule has 0 atom stereocenters. The summed E-state index contributed by atoms with van der Waals surface area (Å²) in [4.78, 5) is 11.1. The zero-order valence-corrected chi connectivity index (χ0v) is 8.51. The van der Waals surface area contributed by atoms with E-state index in [-0.39, 0.29) is 18.4 Å². The second-order valence-corrected chi connectivity index (χ2v) is 2.54. The summed E-state index contributed by atoms with van der Waals surface area (Å²) in [5.74, 6) is 0. The van der Waals surface area contributed by atoms with Crippen molar-refractivity contribution in [2.75, 3.05) is 18.4 Å². The average Bonchev–Trinajstić information content (AvgIpc) is 2.16. The Balaban J connectivity index is 0.00000169. The van der Waals surface area contributed by atoms with Crippen molar-refractivity contribution in [1.29, 1.82) is 0 Å². The second-order valence-electron chi connectivity index (χ2n) is 2.54. The standard InChI is InChI=1S/C9H13N3O.ClH/c10-6-7-11-9(13)12-8-4-2-1-3-5-8;/h1-5H,6-7,10H2,(H2,11,12,13);1H. The van der Waals surface area contributed by atoms with Crippen LogP contribution in [-0.4, -0.2) is 19.1 Å². The number of halogens is 1. The molecule has 0 aliphatic carbocycles. The first-order chi connectivity index (χ1) is 6.33. The summed E-state index contributed by atoms with van der Waals surface area (Å²) in [6.45, 7) is 0.931. The average molecular weight is 216 g/mol. The van der Waals surface area contributed by atoms with Crippen LogP contribution in [0.25, 0.3) is 0 Å². The monoisotopic (exact) mass is 215 g/mol. The van der Waals surface area contributed by atoms with Gasteiger partial charge in [0.15, 0.2) is 0 Å². The number of rotatable bonds is 3. The summed E-state index contributed by atoms with van der Waals surface area (Å²) < 4.78 is 0. The van der Waals surface area contributed by atoms with Gasteiger partial charge in [0.2, 0.25) is 0 Å². The van der Waals surface area contributed by atoms with Gasteiger partial charge in [0.05, 0.1) is 0 Å². The number of anilines is 1. The van der Waals surface area contributed by atoms with Gasteiger partial charge in [-0.3, -0.25) is 0 Å². The van der Waals surface area contributed by atoms with Crippen molar-refractivity contribution in [3.63, 3.8) is 0 Å². The first-order valence-electron chi connectivity index (χ1n) is 4.13. The summed E-state index contributed by atoms with van der Waals surface area (Å²) >= 11 is 0. The molecule has 0 unspecified atom stereocenters. The largest absolute Gasteiger partial charge is 0.337 e. The van der Waals surface area contributed by atoms with Crippen LogP contribution < -0.4 is 16.4 Å². The molecule has 5 heteroatoms. The second kappa shape index (κ2) is 7.17. The maximum Gasteiger partial charge on any atom is 0.319 e. The van der Waals surface area contributed by atoms with Gasteiger partial charge in [-0.25, -0.2) is 4.79 Å². The molecule has 0 saturated heterocycles. The molecule has 0 aliphatic heterocycles. The Morgan fingerprint density at radius 1 is 1.29 bits per heavy atom. The van der Waals surface area contributed by atoms with E-state index in [1.807, 2.05) is 30.3 Å². The molecule has 0 radical (unpaired) electrons. The number of hydrogen-bond donors (Lipinski definition) is 3. The van der Waals surface area contributed by atoms with Gasteiger partial charge in [-0.2, -0.15) is 0 Å². The predicted molar refractivity (Wildman–Crippen MR) is 59.8 cm³/mol. The van der Waals surface area contributed by atoms with Crippen LogP contribution in [0.5, 0.6) is 0 Å². The van der Waals surface area contributed by atoms with E-state index in [1.54, 1.807) is 0 Å². The van der Waals surface area contributed by atoms with Gasteiger partial charge in [0.25, 0.3) is 0 Å². The molecule has 0 heterocycles. The van der Waals surface area contributed by atoms with E-state index < -0.39 is 0 Å². The van der Waals surface area contributed by atoms with Crippen LogP contribution >= 0.6 is 12.4 Å². The smallest absolute Gasteiger partial charge is 0.319 e. The van der Waals surface area contributed by atoms with Crippen LogP contribution in [0.2, 0.25) is 0 Å². The third-order valence-electron chi connectivity index (χ3n) is 1.46. The molecule has 1 rings (SSSR count). The number of benzene rings is 1. The minimum Gasteiger partial charge on any atom is -0.337 e. The molecule has 2 amide bonds. The fraction of sp³-hybridized carbons (Fsp3) is 0.222. The van der Waals surface area contributed by atoms with Gasteiger partial charge in [-0.1, -0.05) is 18.2 Å². The number of nitrogens with one attached hydrogen (secondary N) is 2. The third-order valence-corrected chi connectivity index (χ3v) is 1.46. The van der Waals surface area contributed by atoms with Crippen LogP contribution in [0.15, 0.2) is 30.3 Å². The number of para-hydroxylation sites is 1. The van der Waals surface area contributed by atoms with E-state index in [9.17, 15) is 4.79 Å². The molecular weight excluding hydrogens is 202 g/mol.